The van der Waals surface area contributed by atoms with Gasteiger partial charge >= 0.3 is 6.03 Å². The summed E-state index contributed by atoms with van der Waals surface area (Å²) in [5.74, 6) is 1.26. The Balaban J connectivity index is 1.48. The third-order valence-corrected chi connectivity index (χ3v) is 7.14. The van der Waals surface area contributed by atoms with Crippen LogP contribution in [0.2, 0.25) is 0 Å². The van der Waals surface area contributed by atoms with Crippen molar-refractivity contribution in [3.63, 3.8) is 0 Å². The van der Waals surface area contributed by atoms with E-state index >= 15 is 0 Å². The summed E-state index contributed by atoms with van der Waals surface area (Å²) in [4.78, 5) is 30.1. The van der Waals surface area contributed by atoms with E-state index in [4.69, 9.17) is 9.47 Å². The first-order valence-electron chi connectivity index (χ1n) is 11.8. The lowest BCUT2D eigenvalue weighted by atomic mass is 9.85. The smallest absolute Gasteiger partial charge is 0.325 e. The van der Waals surface area contributed by atoms with Crippen LogP contribution >= 0.6 is 0 Å². The van der Waals surface area contributed by atoms with E-state index in [1.807, 2.05) is 35.2 Å². The van der Waals surface area contributed by atoms with Crippen molar-refractivity contribution < 1.29 is 19.1 Å². The minimum absolute atomic E-state index is 0.0361. The van der Waals surface area contributed by atoms with E-state index in [2.05, 4.69) is 11.4 Å². The number of methoxy groups -OCH3 is 2. The lowest BCUT2D eigenvalue weighted by Gasteiger charge is -2.45. The number of urea groups is 1. The van der Waals surface area contributed by atoms with Gasteiger partial charge in [0.05, 0.1) is 25.9 Å². The van der Waals surface area contributed by atoms with Crippen molar-refractivity contribution in [3.8, 4) is 11.5 Å². The largest absolute Gasteiger partial charge is 0.493 e. The first-order chi connectivity index (χ1) is 16.1. The number of ether oxygens (including phenoxy) is 2. The Morgan fingerprint density at radius 2 is 1.76 bits per heavy atom. The fourth-order valence-electron chi connectivity index (χ4n) is 5.53. The lowest BCUT2D eigenvalue weighted by molar-refractivity contribution is -0.120. The summed E-state index contributed by atoms with van der Waals surface area (Å²) in [6, 6.07) is 11.8. The molecule has 1 fully saturated rings. The molecule has 1 saturated carbocycles. The average Bonchev–Trinajstić information content (AvgIpc) is 2.85. The quantitative estimate of drug-likeness (QED) is 0.748. The Morgan fingerprint density at radius 1 is 1.03 bits per heavy atom. The van der Waals surface area contributed by atoms with E-state index in [9.17, 15) is 9.59 Å². The first-order valence-corrected chi connectivity index (χ1v) is 11.8. The van der Waals surface area contributed by atoms with Crippen LogP contribution in [0.1, 0.15) is 54.8 Å². The predicted octanol–water partition coefficient (Wildman–Crippen LogP) is 4.04. The molecule has 2 aromatic rings. The summed E-state index contributed by atoms with van der Waals surface area (Å²) in [6.45, 7) is 0.620. The molecule has 0 aromatic heterocycles. The third-order valence-electron chi connectivity index (χ3n) is 7.14. The van der Waals surface area contributed by atoms with Gasteiger partial charge in [0.15, 0.2) is 11.5 Å². The molecule has 0 radical (unpaired) electrons. The number of rotatable bonds is 5. The average molecular weight is 450 g/mol. The van der Waals surface area contributed by atoms with E-state index in [0.29, 0.717) is 18.0 Å². The summed E-state index contributed by atoms with van der Waals surface area (Å²) >= 11 is 0. The van der Waals surface area contributed by atoms with Crippen molar-refractivity contribution in [3.05, 3.63) is 53.1 Å². The van der Waals surface area contributed by atoms with Gasteiger partial charge in [0.2, 0.25) is 5.91 Å². The highest BCUT2D eigenvalue weighted by Crippen LogP contribution is 2.46. The number of benzene rings is 2. The topological polar surface area (TPSA) is 71.1 Å². The molecule has 5 rings (SSSR count). The summed E-state index contributed by atoms with van der Waals surface area (Å²) in [5.41, 5.74) is 4.02. The maximum Gasteiger partial charge on any atom is 0.325 e. The molecule has 0 bridgehead atoms. The molecule has 0 saturated heterocycles. The van der Waals surface area contributed by atoms with Gasteiger partial charge in [-0.3, -0.25) is 9.69 Å². The zero-order valence-corrected chi connectivity index (χ0v) is 19.3. The number of amides is 3. The van der Waals surface area contributed by atoms with Crippen LogP contribution in [-0.4, -0.2) is 50.2 Å². The van der Waals surface area contributed by atoms with Crippen LogP contribution in [0, 0.1) is 0 Å². The number of nitrogens with zero attached hydrogens (tertiary/aromatic N) is 2. The SMILES string of the molecule is COc1cc2c(cc1OC)[C@H]1c3ccccc3N(CC(=O)NC3CCCCC3)C(=O)N1CC2. The zero-order valence-electron chi connectivity index (χ0n) is 19.3. The van der Waals surface area contributed by atoms with Crippen molar-refractivity contribution in [2.24, 2.45) is 0 Å². The van der Waals surface area contributed by atoms with Gasteiger partial charge in [-0.15, -0.1) is 0 Å². The Hall–Kier alpha value is -3.22. The Labute approximate surface area is 194 Å². The molecular formula is C26H31N3O4. The molecule has 2 aliphatic heterocycles. The number of hydrogen-bond donors (Lipinski definition) is 1. The molecule has 7 nitrogen and oxygen atoms in total. The van der Waals surface area contributed by atoms with Crippen LogP contribution in [0.25, 0.3) is 0 Å². The number of hydrogen-bond acceptors (Lipinski definition) is 4. The van der Waals surface area contributed by atoms with Crippen molar-refractivity contribution >= 4 is 17.6 Å². The second-order valence-corrected chi connectivity index (χ2v) is 9.08. The molecule has 1 N–H and O–H groups in total. The van der Waals surface area contributed by atoms with Crippen molar-refractivity contribution in [2.45, 2.75) is 50.6 Å². The second-order valence-electron chi connectivity index (χ2n) is 9.08. The van der Waals surface area contributed by atoms with Crippen LogP contribution in [0.15, 0.2) is 36.4 Å². The van der Waals surface area contributed by atoms with E-state index in [1.54, 1.807) is 19.1 Å². The second kappa shape index (κ2) is 8.96. The maximum absolute atomic E-state index is 13.7. The Bertz CT molecular complexity index is 1060. The molecule has 3 aliphatic rings. The van der Waals surface area contributed by atoms with Crippen LogP contribution in [0.3, 0.4) is 0 Å². The van der Waals surface area contributed by atoms with Crippen LogP contribution in [-0.2, 0) is 11.2 Å². The molecular weight excluding hydrogens is 418 g/mol. The van der Waals surface area contributed by atoms with Gasteiger partial charge in [0.25, 0.3) is 0 Å². The number of para-hydroxylation sites is 1. The monoisotopic (exact) mass is 449 g/mol. The summed E-state index contributed by atoms with van der Waals surface area (Å²) in [6.07, 6.45) is 6.30. The molecule has 2 heterocycles. The molecule has 174 valence electrons. The molecule has 0 spiro atoms. The summed E-state index contributed by atoms with van der Waals surface area (Å²) in [7, 11) is 3.26. The van der Waals surface area contributed by atoms with E-state index in [1.165, 1.54) is 6.42 Å². The van der Waals surface area contributed by atoms with E-state index in [0.717, 1.165) is 54.5 Å². The van der Waals surface area contributed by atoms with Crippen molar-refractivity contribution in [1.82, 2.24) is 10.2 Å². The highest BCUT2D eigenvalue weighted by Gasteiger charge is 2.42. The number of anilines is 1. The third kappa shape index (κ3) is 3.90. The standard InChI is InChI=1S/C26H31N3O4/c1-32-22-14-17-12-13-28-25(20(17)15-23(22)33-2)19-10-6-7-11-21(19)29(26(28)31)16-24(30)27-18-8-4-3-5-9-18/h6-7,10-11,14-15,18,25H,3-5,8-9,12-13,16H2,1-2H3,(H,27,30)/t25-/m1/s1. The van der Waals surface area contributed by atoms with Crippen molar-refractivity contribution in [2.75, 3.05) is 32.2 Å². The van der Waals surface area contributed by atoms with Gasteiger partial charge < -0.3 is 19.7 Å². The molecule has 0 unspecified atom stereocenters. The Morgan fingerprint density at radius 3 is 2.52 bits per heavy atom. The van der Waals surface area contributed by atoms with Gasteiger partial charge in [-0.25, -0.2) is 4.79 Å². The molecule has 1 atom stereocenters. The van der Waals surface area contributed by atoms with Gasteiger partial charge in [0.1, 0.15) is 6.54 Å². The molecule has 1 aliphatic carbocycles. The number of carbonyl (C=O) groups is 2. The molecule has 7 heteroatoms. The van der Waals surface area contributed by atoms with Crippen LogP contribution in [0.5, 0.6) is 11.5 Å². The van der Waals surface area contributed by atoms with Crippen LogP contribution in [0.4, 0.5) is 10.5 Å². The summed E-state index contributed by atoms with van der Waals surface area (Å²) in [5, 5.41) is 3.15. The van der Waals surface area contributed by atoms with Gasteiger partial charge in [-0.05, 0) is 48.6 Å². The fraction of sp³-hybridized carbons (Fsp3) is 0.462. The molecule has 33 heavy (non-hydrogen) atoms. The fourth-order valence-corrected chi connectivity index (χ4v) is 5.53. The van der Waals surface area contributed by atoms with Gasteiger partial charge in [-0.1, -0.05) is 37.5 Å². The minimum atomic E-state index is -0.213. The summed E-state index contributed by atoms with van der Waals surface area (Å²) < 4.78 is 11.0. The molecule has 2 aromatic carbocycles. The number of carbonyl (C=O) groups excluding carboxylic acids is 2. The number of fused-ring (bicyclic) bond motifs is 5. The van der Waals surface area contributed by atoms with E-state index < -0.39 is 0 Å². The zero-order chi connectivity index (χ0) is 22.9. The first kappa shape index (κ1) is 21.6. The minimum Gasteiger partial charge on any atom is -0.493 e. The highest BCUT2D eigenvalue weighted by atomic mass is 16.5. The van der Waals surface area contributed by atoms with Gasteiger partial charge in [-0.2, -0.15) is 0 Å². The number of nitrogens with one attached hydrogen (secondary N) is 1. The molecule has 3 amide bonds. The van der Waals surface area contributed by atoms with Crippen molar-refractivity contribution in [1.29, 1.82) is 0 Å². The lowest BCUT2D eigenvalue weighted by Crippen LogP contribution is -2.55. The normalized spacial score (nSPS) is 19.9. The highest BCUT2D eigenvalue weighted by molar-refractivity contribution is 6.01. The van der Waals surface area contributed by atoms with Gasteiger partial charge in [0, 0.05) is 18.2 Å². The predicted molar refractivity (Wildman–Crippen MR) is 126 cm³/mol. The Kier molecular flexibility index (Phi) is 5.87. The van der Waals surface area contributed by atoms with Crippen LogP contribution < -0.4 is 19.7 Å². The van der Waals surface area contributed by atoms with E-state index in [-0.39, 0.29) is 30.6 Å². The maximum atomic E-state index is 13.7.